The second-order valence-corrected chi connectivity index (χ2v) is 6.57. The number of hydrogen-bond acceptors (Lipinski definition) is 5. The number of halogens is 3. The van der Waals surface area contributed by atoms with Crippen LogP contribution < -0.4 is 0 Å². The van der Waals surface area contributed by atoms with Crippen molar-refractivity contribution in [1.82, 2.24) is 20.1 Å². The largest absolute Gasteiger partial charge is 0.415 e. The molecule has 0 atom stereocenters. The minimum Gasteiger partial charge on any atom is -0.415 e. The highest BCUT2D eigenvalue weighted by molar-refractivity contribution is 9.10. The summed E-state index contributed by atoms with van der Waals surface area (Å²) in [6.07, 6.45) is -1.41. The zero-order chi connectivity index (χ0) is 18.3. The Kier molecular flexibility index (Phi) is 4.23. The Labute approximate surface area is 155 Å². The van der Waals surface area contributed by atoms with Gasteiger partial charge in [0.25, 0.3) is 11.8 Å². The smallest absolute Gasteiger partial charge is 0.314 e. The van der Waals surface area contributed by atoms with Crippen LogP contribution in [-0.4, -0.2) is 26.0 Å². The Hall–Kier alpha value is -2.68. The highest BCUT2D eigenvalue weighted by Crippen LogP contribution is 2.29. The molecule has 0 radical (unpaired) electrons. The number of aromatic nitrogens is 3. The summed E-state index contributed by atoms with van der Waals surface area (Å²) in [6.45, 7) is 0.809. The second-order valence-electron chi connectivity index (χ2n) is 5.72. The van der Waals surface area contributed by atoms with Gasteiger partial charge in [0.2, 0.25) is 5.89 Å². The van der Waals surface area contributed by atoms with Crippen LogP contribution in [0.2, 0.25) is 0 Å². The lowest BCUT2D eigenvalue weighted by atomic mass is 10.1. The molecule has 0 spiro atoms. The number of carbonyl (C=O) groups is 1. The van der Waals surface area contributed by atoms with Crippen LogP contribution in [0.15, 0.2) is 45.4 Å². The van der Waals surface area contributed by atoms with Crippen LogP contribution in [-0.2, 0) is 13.1 Å². The van der Waals surface area contributed by atoms with Gasteiger partial charge in [-0.15, -0.1) is 10.2 Å². The number of nitrogens with zero attached hydrogens (tertiary/aromatic N) is 4. The zero-order valence-electron chi connectivity index (χ0n) is 13.2. The predicted octanol–water partition coefficient (Wildman–Crippen LogP) is 3.99. The van der Waals surface area contributed by atoms with Crippen LogP contribution >= 0.6 is 15.9 Å². The maximum Gasteiger partial charge on any atom is 0.314 e. The molecule has 0 saturated carbocycles. The number of alkyl halides is 2. The molecular weight excluding hydrogens is 410 g/mol. The molecule has 1 aliphatic rings. The number of carbonyl (C=O) groups excluding carboxylic acids is 1. The molecule has 1 aromatic carbocycles. The van der Waals surface area contributed by atoms with E-state index in [0.717, 1.165) is 10.0 Å². The minimum absolute atomic E-state index is 0.0901. The van der Waals surface area contributed by atoms with Gasteiger partial charge in [0.05, 0.1) is 23.4 Å². The molecule has 3 aromatic rings. The van der Waals surface area contributed by atoms with E-state index in [9.17, 15) is 13.6 Å². The van der Waals surface area contributed by atoms with E-state index in [0.29, 0.717) is 29.9 Å². The Balaban J connectivity index is 1.60. The van der Waals surface area contributed by atoms with Gasteiger partial charge in [-0.25, -0.2) is 0 Å². The van der Waals surface area contributed by atoms with Crippen molar-refractivity contribution in [3.05, 3.63) is 63.7 Å². The molecule has 0 aliphatic carbocycles. The lowest BCUT2D eigenvalue weighted by Crippen LogP contribution is -2.23. The standard InChI is InChI=1S/C17H11BrF2N4O2/c18-12-4-2-1-3-9(12)7-24-8-13-11(17(24)25)5-10(6-21-13)15-22-23-16(26-15)14(19)20/h1-6,14H,7-8H2. The maximum atomic E-state index is 12.7. The van der Waals surface area contributed by atoms with Gasteiger partial charge < -0.3 is 9.32 Å². The summed E-state index contributed by atoms with van der Waals surface area (Å²) < 4.78 is 31.0. The van der Waals surface area contributed by atoms with Crippen LogP contribution in [0.4, 0.5) is 8.78 Å². The monoisotopic (exact) mass is 420 g/mol. The van der Waals surface area contributed by atoms with E-state index in [1.807, 2.05) is 24.3 Å². The summed E-state index contributed by atoms with van der Waals surface area (Å²) in [4.78, 5) is 18.6. The average molecular weight is 421 g/mol. The van der Waals surface area contributed by atoms with Crippen molar-refractivity contribution in [2.24, 2.45) is 0 Å². The van der Waals surface area contributed by atoms with E-state index < -0.39 is 12.3 Å². The molecule has 26 heavy (non-hydrogen) atoms. The first-order valence-corrected chi connectivity index (χ1v) is 8.46. The number of pyridine rings is 1. The van der Waals surface area contributed by atoms with Crippen LogP contribution in [0.5, 0.6) is 0 Å². The summed E-state index contributed by atoms with van der Waals surface area (Å²) in [5, 5.41) is 6.88. The van der Waals surface area contributed by atoms with Crippen LogP contribution in [0.1, 0.15) is 33.9 Å². The highest BCUT2D eigenvalue weighted by Gasteiger charge is 2.30. The summed E-state index contributed by atoms with van der Waals surface area (Å²) in [6, 6.07) is 9.20. The maximum absolute atomic E-state index is 12.7. The van der Waals surface area contributed by atoms with Crippen LogP contribution in [0.3, 0.4) is 0 Å². The van der Waals surface area contributed by atoms with Gasteiger partial charge in [0, 0.05) is 17.2 Å². The van der Waals surface area contributed by atoms with Gasteiger partial charge in [-0.1, -0.05) is 34.1 Å². The van der Waals surface area contributed by atoms with Gasteiger partial charge in [-0.2, -0.15) is 8.78 Å². The summed E-state index contributed by atoms with van der Waals surface area (Å²) in [5.41, 5.74) is 2.34. The number of amides is 1. The number of fused-ring (bicyclic) bond motifs is 1. The lowest BCUT2D eigenvalue weighted by Gasteiger charge is -2.16. The molecule has 1 aliphatic heterocycles. The first kappa shape index (κ1) is 16.8. The lowest BCUT2D eigenvalue weighted by molar-refractivity contribution is 0.0766. The molecule has 4 rings (SSSR count). The molecule has 3 heterocycles. The van der Waals surface area contributed by atoms with Crippen molar-refractivity contribution in [2.75, 3.05) is 0 Å². The Bertz CT molecular complexity index is 992. The predicted molar refractivity (Wildman–Crippen MR) is 90.2 cm³/mol. The van der Waals surface area contributed by atoms with Crippen molar-refractivity contribution < 1.29 is 18.0 Å². The Morgan fingerprint density at radius 3 is 2.81 bits per heavy atom. The second kappa shape index (κ2) is 6.56. The number of rotatable bonds is 4. The molecule has 132 valence electrons. The zero-order valence-corrected chi connectivity index (χ0v) is 14.8. The van der Waals surface area contributed by atoms with E-state index in [1.165, 1.54) is 6.20 Å². The van der Waals surface area contributed by atoms with Crippen LogP contribution in [0.25, 0.3) is 11.5 Å². The normalized spacial score (nSPS) is 13.5. The molecule has 0 saturated heterocycles. The number of benzene rings is 1. The highest BCUT2D eigenvalue weighted by atomic mass is 79.9. The first-order valence-electron chi connectivity index (χ1n) is 7.66. The van der Waals surface area contributed by atoms with Crippen molar-refractivity contribution >= 4 is 21.8 Å². The average Bonchev–Trinajstić information content (AvgIpc) is 3.23. The summed E-state index contributed by atoms with van der Waals surface area (Å²) in [7, 11) is 0. The van der Waals surface area contributed by atoms with E-state index >= 15 is 0 Å². The Morgan fingerprint density at radius 2 is 2.08 bits per heavy atom. The van der Waals surface area contributed by atoms with E-state index in [2.05, 4.69) is 31.1 Å². The van der Waals surface area contributed by atoms with Crippen molar-refractivity contribution in [1.29, 1.82) is 0 Å². The van der Waals surface area contributed by atoms with E-state index in [1.54, 1.807) is 11.0 Å². The fourth-order valence-corrected chi connectivity index (χ4v) is 3.15. The molecule has 0 bridgehead atoms. The fraction of sp³-hybridized carbons (Fsp3) is 0.176. The van der Waals surface area contributed by atoms with Crippen molar-refractivity contribution in [2.45, 2.75) is 19.5 Å². The molecule has 0 N–H and O–H groups in total. The van der Waals surface area contributed by atoms with Gasteiger partial charge in [-0.3, -0.25) is 9.78 Å². The quantitative estimate of drug-likeness (QED) is 0.637. The Morgan fingerprint density at radius 1 is 1.27 bits per heavy atom. The van der Waals surface area contributed by atoms with Crippen molar-refractivity contribution in [3.63, 3.8) is 0 Å². The molecule has 2 aromatic heterocycles. The molecular formula is C17H11BrF2N4O2. The van der Waals surface area contributed by atoms with Gasteiger partial charge in [0.1, 0.15) is 0 Å². The van der Waals surface area contributed by atoms with Crippen LogP contribution in [0, 0.1) is 0 Å². The summed E-state index contributed by atoms with van der Waals surface area (Å²) in [5.74, 6) is -1.03. The van der Waals surface area contributed by atoms with Gasteiger partial charge in [0.15, 0.2) is 0 Å². The molecule has 0 fully saturated rings. The van der Waals surface area contributed by atoms with Gasteiger partial charge >= 0.3 is 6.43 Å². The minimum atomic E-state index is -2.85. The third-order valence-electron chi connectivity index (χ3n) is 4.02. The van der Waals surface area contributed by atoms with Crippen molar-refractivity contribution in [3.8, 4) is 11.5 Å². The third-order valence-corrected chi connectivity index (χ3v) is 4.80. The molecule has 9 heteroatoms. The van der Waals surface area contributed by atoms with E-state index in [-0.39, 0.29) is 11.8 Å². The molecule has 6 nitrogen and oxygen atoms in total. The van der Waals surface area contributed by atoms with Gasteiger partial charge in [-0.05, 0) is 17.7 Å². The number of hydrogen-bond donors (Lipinski definition) is 0. The third kappa shape index (κ3) is 2.98. The molecule has 0 unspecified atom stereocenters. The van der Waals surface area contributed by atoms with E-state index in [4.69, 9.17) is 4.42 Å². The first-order chi connectivity index (χ1) is 12.5. The SMILES string of the molecule is O=C1c2cc(-c3nnc(C(F)F)o3)cnc2CN1Cc1ccccc1Br. The summed E-state index contributed by atoms with van der Waals surface area (Å²) >= 11 is 3.47. The fourth-order valence-electron chi connectivity index (χ4n) is 2.74. The topological polar surface area (TPSA) is 72.1 Å². The molecule has 1 amide bonds.